The summed E-state index contributed by atoms with van der Waals surface area (Å²) in [5.74, 6) is 1.20. The largest absolute Gasteiger partial charge is 0.360 e. The topological polar surface area (TPSA) is 24.4 Å². The zero-order valence-corrected chi connectivity index (χ0v) is 13.1. The van der Waals surface area contributed by atoms with Gasteiger partial charge in [0.1, 0.15) is 0 Å². The van der Waals surface area contributed by atoms with Crippen molar-refractivity contribution in [3.05, 3.63) is 21.9 Å². The molecule has 0 unspecified atom stereocenters. The van der Waals surface area contributed by atoms with Gasteiger partial charge in [0, 0.05) is 17.2 Å². The van der Waals surface area contributed by atoms with Crippen LogP contribution in [0.5, 0.6) is 0 Å². The van der Waals surface area contributed by atoms with Gasteiger partial charge in [-0.15, -0.1) is 11.3 Å². The van der Waals surface area contributed by atoms with Crippen LogP contribution in [-0.2, 0) is 6.54 Å². The van der Waals surface area contributed by atoms with Crippen LogP contribution < -0.4 is 5.32 Å². The van der Waals surface area contributed by atoms with Crippen LogP contribution in [0.2, 0.25) is 0 Å². The summed E-state index contributed by atoms with van der Waals surface area (Å²) >= 11 is 3.71. The molecular formula is C14H22N2S2. The van der Waals surface area contributed by atoms with Crippen LogP contribution in [0.25, 0.3) is 0 Å². The number of amidine groups is 1. The summed E-state index contributed by atoms with van der Waals surface area (Å²) in [6, 6.07) is 2.18. The van der Waals surface area contributed by atoms with Gasteiger partial charge in [0.25, 0.3) is 0 Å². The lowest BCUT2D eigenvalue weighted by molar-refractivity contribution is 0.318. The molecule has 1 aliphatic heterocycles. The van der Waals surface area contributed by atoms with Crippen molar-refractivity contribution in [3.63, 3.8) is 0 Å². The van der Waals surface area contributed by atoms with Crippen molar-refractivity contribution in [2.24, 2.45) is 10.4 Å². The van der Waals surface area contributed by atoms with Crippen molar-refractivity contribution in [2.45, 2.75) is 40.2 Å². The number of rotatable bonds is 4. The third-order valence-corrected chi connectivity index (χ3v) is 6.27. The Morgan fingerprint density at radius 2 is 2.17 bits per heavy atom. The quantitative estimate of drug-likeness (QED) is 0.900. The van der Waals surface area contributed by atoms with Gasteiger partial charge in [-0.3, -0.25) is 4.99 Å². The number of thioether (sulfide) groups is 1. The number of hydrogen-bond acceptors (Lipinski definition) is 4. The molecule has 1 N–H and O–H groups in total. The van der Waals surface area contributed by atoms with E-state index < -0.39 is 0 Å². The summed E-state index contributed by atoms with van der Waals surface area (Å²) in [6.07, 6.45) is 2.47. The van der Waals surface area contributed by atoms with E-state index in [1.54, 1.807) is 0 Å². The fraction of sp³-hybridized carbons (Fsp3) is 0.643. The van der Waals surface area contributed by atoms with Crippen LogP contribution in [0.1, 0.15) is 37.1 Å². The SMILES string of the molecule is CCC1(CC)CN=C(NCc2sccc2C)SC1. The van der Waals surface area contributed by atoms with E-state index in [9.17, 15) is 0 Å². The molecular weight excluding hydrogens is 260 g/mol. The van der Waals surface area contributed by atoms with E-state index >= 15 is 0 Å². The summed E-state index contributed by atoms with van der Waals surface area (Å²) in [7, 11) is 0. The molecule has 4 heteroatoms. The molecule has 0 aromatic carbocycles. The van der Waals surface area contributed by atoms with Gasteiger partial charge in [-0.05, 0) is 42.2 Å². The minimum Gasteiger partial charge on any atom is -0.360 e. The van der Waals surface area contributed by atoms with Crippen LogP contribution in [0.15, 0.2) is 16.4 Å². The van der Waals surface area contributed by atoms with E-state index in [1.165, 1.54) is 29.0 Å². The molecule has 18 heavy (non-hydrogen) atoms. The number of hydrogen-bond donors (Lipinski definition) is 1. The maximum absolute atomic E-state index is 4.73. The molecule has 0 saturated heterocycles. The van der Waals surface area contributed by atoms with Gasteiger partial charge in [0.05, 0.1) is 6.54 Å². The number of nitrogens with zero attached hydrogens (tertiary/aromatic N) is 1. The Kier molecular flexibility index (Phi) is 4.73. The molecule has 0 spiro atoms. The Morgan fingerprint density at radius 3 is 2.67 bits per heavy atom. The predicted octanol–water partition coefficient (Wildman–Crippen LogP) is 4.06. The fourth-order valence-corrected chi connectivity index (χ4v) is 4.20. The first kappa shape index (κ1) is 13.9. The van der Waals surface area contributed by atoms with Crippen LogP contribution in [0.4, 0.5) is 0 Å². The van der Waals surface area contributed by atoms with E-state index in [4.69, 9.17) is 4.99 Å². The Hall–Kier alpha value is -0.480. The molecule has 100 valence electrons. The molecule has 0 aliphatic carbocycles. The zero-order chi connectivity index (χ0) is 13.0. The maximum atomic E-state index is 4.73. The second kappa shape index (κ2) is 6.11. The second-order valence-electron chi connectivity index (χ2n) is 5.00. The Labute approximate surface area is 118 Å². The second-order valence-corrected chi connectivity index (χ2v) is 6.96. The average molecular weight is 282 g/mol. The van der Waals surface area contributed by atoms with Gasteiger partial charge in [0.2, 0.25) is 0 Å². The first-order chi connectivity index (χ1) is 8.69. The van der Waals surface area contributed by atoms with E-state index in [-0.39, 0.29) is 0 Å². The summed E-state index contributed by atoms with van der Waals surface area (Å²) in [4.78, 5) is 6.14. The van der Waals surface area contributed by atoms with Gasteiger partial charge in [-0.1, -0.05) is 25.6 Å². The third kappa shape index (κ3) is 3.09. The Balaban J connectivity index is 1.89. The van der Waals surface area contributed by atoms with Crippen molar-refractivity contribution in [1.29, 1.82) is 0 Å². The summed E-state index contributed by atoms with van der Waals surface area (Å²) < 4.78 is 0. The van der Waals surface area contributed by atoms with Gasteiger partial charge in [-0.25, -0.2) is 0 Å². The molecule has 1 aromatic rings. The molecule has 2 heterocycles. The molecule has 2 rings (SSSR count). The van der Waals surface area contributed by atoms with Crippen LogP contribution in [0, 0.1) is 12.3 Å². The van der Waals surface area contributed by atoms with Gasteiger partial charge < -0.3 is 5.32 Å². The highest BCUT2D eigenvalue weighted by Crippen LogP contribution is 2.34. The molecule has 1 aliphatic rings. The maximum Gasteiger partial charge on any atom is 0.156 e. The van der Waals surface area contributed by atoms with Crippen molar-refractivity contribution in [3.8, 4) is 0 Å². The first-order valence-electron chi connectivity index (χ1n) is 6.63. The molecule has 0 fully saturated rings. The molecule has 0 radical (unpaired) electrons. The van der Waals surface area contributed by atoms with Gasteiger partial charge in [0.15, 0.2) is 5.17 Å². The van der Waals surface area contributed by atoms with Crippen LogP contribution in [0.3, 0.4) is 0 Å². The van der Waals surface area contributed by atoms with Crippen molar-refractivity contribution in [1.82, 2.24) is 5.32 Å². The van der Waals surface area contributed by atoms with Crippen molar-refractivity contribution >= 4 is 28.3 Å². The molecule has 0 atom stereocenters. The monoisotopic (exact) mass is 282 g/mol. The van der Waals surface area contributed by atoms with Crippen molar-refractivity contribution in [2.75, 3.05) is 12.3 Å². The highest BCUT2D eigenvalue weighted by Gasteiger charge is 2.29. The predicted molar refractivity (Wildman–Crippen MR) is 83.7 cm³/mol. The molecule has 0 amide bonds. The molecule has 2 nitrogen and oxygen atoms in total. The lowest BCUT2D eigenvalue weighted by Crippen LogP contribution is -2.34. The standard InChI is InChI=1S/C14H22N2S2/c1-4-14(5-2)9-16-13(18-10-14)15-8-12-11(3)6-7-17-12/h6-7H,4-5,8-10H2,1-3H3,(H,15,16). The average Bonchev–Trinajstić information content (AvgIpc) is 2.83. The van der Waals surface area contributed by atoms with Gasteiger partial charge in [-0.2, -0.15) is 0 Å². The first-order valence-corrected chi connectivity index (χ1v) is 8.50. The van der Waals surface area contributed by atoms with Crippen LogP contribution in [-0.4, -0.2) is 17.5 Å². The Morgan fingerprint density at radius 1 is 1.39 bits per heavy atom. The van der Waals surface area contributed by atoms with E-state index in [0.717, 1.165) is 18.3 Å². The third-order valence-electron chi connectivity index (χ3n) is 3.94. The fourth-order valence-electron chi connectivity index (χ4n) is 2.08. The van der Waals surface area contributed by atoms with Crippen LogP contribution >= 0.6 is 23.1 Å². The number of nitrogens with one attached hydrogen (secondary N) is 1. The highest BCUT2D eigenvalue weighted by molar-refractivity contribution is 8.13. The Bertz CT molecular complexity index is 419. The van der Waals surface area contributed by atoms with E-state index in [2.05, 4.69) is 37.5 Å². The molecule has 0 saturated carbocycles. The van der Waals surface area contributed by atoms with E-state index in [0.29, 0.717) is 5.41 Å². The summed E-state index contributed by atoms with van der Waals surface area (Å²) in [6.45, 7) is 8.64. The van der Waals surface area contributed by atoms with E-state index in [1.807, 2.05) is 23.1 Å². The zero-order valence-electron chi connectivity index (χ0n) is 11.5. The summed E-state index contributed by atoms with van der Waals surface area (Å²) in [5, 5.41) is 6.75. The lowest BCUT2D eigenvalue weighted by atomic mass is 9.84. The minimum atomic E-state index is 0.439. The number of aryl methyl sites for hydroxylation is 1. The lowest BCUT2D eigenvalue weighted by Gasteiger charge is -2.33. The van der Waals surface area contributed by atoms with Crippen molar-refractivity contribution < 1.29 is 0 Å². The number of aliphatic imine (C=N–C) groups is 1. The minimum absolute atomic E-state index is 0.439. The smallest absolute Gasteiger partial charge is 0.156 e. The highest BCUT2D eigenvalue weighted by atomic mass is 32.2. The molecule has 1 aromatic heterocycles. The summed E-state index contributed by atoms with van der Waals surface area (Å²) in [5.41, 5.74) is 1.82. The molecule has 0 bridgehead atoms. The number of thiophene rings is 1. The van der Waals surface area contributed by atoms with Gasteiger partial charge >= 0.3 is 0 Å². The normalized spacial score (nSPS) is 18.5.